The average molecular weight is 470 g/mol. The number of benzene rings is 2. The first-order valence-electron chi connectivity index (χ1n) is 10.6. The molecule has 0 unspecified atom stereocenters. The number of fused-ring (bicyclic) bond motifs is 2. The maximum absolute atomic E-state index is 12.9. The maximum atomic E-state index is 12.9. The van der Waals surface area contributed by atoms with Gasteiger partial charge < -0.3 is 9.88 Å². The molecule has 0 aliphatic carbocycles. The van der Waals surface area contributed by atoms with Crippen LogP contribution >= 0.6 is 11.3 Å². The third-order valence-corrected chi connectivity index (χ3v) is 8.51. The molecule has 0 atom stereocenters. The predicted molar refractivity (Wildman–Crippen MR) is 125 cm³/mol. The number of carbonyl (C=O) groups excluding carboxylic acids is 1. The number of sulfonamides is 1. The van der Waals surface area contributed by atoms with Gasteiger partial charge in [0.2, 0.25) is 15.9 Å². The Labute approximate surface area is 189 Å². The number of hydrogen-bond donors (Lipinski definition) is 1. The normalized spacial score (nSPS) is 15.4. The SMILES string of the molecule is O=C(CCn1cnc2cc(S(=O)(=O)N3CCCCC3)ccc21)Nc1nc2ccccc2s1. The quantitative estimate of drug-likeness (QED) is 0.463. The Bertz CT molecular complexity index is 1350. The molecule has 2 aromatic carbocycles. The molecule has 0 bridgehead atoms. The van der Waals surface area contributed by atoms with Gasteiger partial charge >= 0.3 is 0 Å². The smallest absolute Gasteiger partial charge is 0.243 e. The number of carbonyl (C=O) groups is 1. The molecule has 1 aliphatic rings. The van der Waals surface area contributed by atoms with Crippen LogP contribution in [-0.2, 0) is 21.4 Å². The second kappa shape index (κ2) is 8.61. The lowest BCUT2D eigenvalue weighted by atomic mass is 10.2. The van der Waals surface area contributed by atoms with Gasteiger partial charge in [-0.05, 0) is 43.2 Å². The highest BCUT2D eigenvalue weighted by Gasteiger charge is 2.26. The number of hydrogen-bond acceptors (Lipinski definition) is 6. The largest absolute Gasteiger partial charge is 0.330 e. The topological polar surface area (TPSA) is 97.2 Å². The van der Waals surface area contributed by atoms with E-state index in [0.29, 0.717) is 30.3 Å². The summed E-state index contributed by atoms with van der Waals surface area (Å²) >= 11 is 1.44. The standard InChI is InChI=1S/C22H23N5O3S2/c28-21(25-22-24-17-6-2-3-7-20(17)31-22)10-13-26-15-23-18-14-16(8-9-19(18)26)32(29,30)27-11-4-1-5-12-27/h2-3,6-9,14-15H,1,4-5,10-13H2,(H,24,25,28). The van der Waals surface area contributed by atoms with Gasteiger partial charge in [0.05, 0.1) is 32.5 Å². The summed E-state index contributed by atoms with van der Waals surface area (Å²) in [6.07, 6.45) is 4.77. The van der Waals surface area contributed by atoms with Gasteiger partial charge in [-0.2, -0.15) is 4.31 Å². The number of rotatable bonds is 6. The van der Waals surface area contributed by atoms with Gasteiger partial charge in [-0.15, -0.1) is 0 Å². The van der Waals surface area contributed by atoms with E-state index < -0.39 is 10.0 Å². The average Bonchev–Trinajstić information content (AvgIpc) is 3.41. The Kier molecular flexibility index (Phi) is 5.66. The minimum absolute atomic E-state index is 0.129. The molecule has 1 fully saturated rings. The van der Waals surface area contributed by atoms with Crippen LogP contribution in [0.4, 0.5) is 5.13 Å². The van der Waals surface area contributed by atoms with E-state index in [0.717, 1.165) is 35.0 Å². The number of imidazole rings is 1. The van der Waals surface area contributed by atoms with E-state index >= 15 is 0 Å². The molecular formula is C22H23N5O3S2. The fraction of sp³-hybridized carbons (Fsp3) is 0.318. The number of aromatic nitrogens is 3. The summed E-state index contributed by atoms with van der Waals surface area (Å²) in [7, 11) is -3.50. The molecule has 1 aliphatic heterocycles. The summed E-state index contributed by atoms with van der Waals surface area (Å²) in [5.41, 5.74) is 2.27. The van der Waals surface area contributed by atoms with E-state index in [1.165, 1.54) is 11.3 Å². The summed E-state index contributed by atoms with van der Waals surface area (Å²) in [5.74, 6) is -0.129. The third-order valence-electron chi connectivity index (χ3n) is 5.67. The summed E-state index contributed by atoms with van der Waals surface area (Å²) in [6, 6.07) is 12.8. The zero-order valence-corrected chi connectivity index (χ0v) is 19.0. The van der Waals surface area contributed by atoms with E-state index in [1.54, 1.807) is 28.8 Å². The molecule has 4 aromatic rings. The fourth-order valence-electron chi connectivity index (χ4n) is 3.97. The molecule has 5 rings (SSSR count). The van der Waals surface area contributed by atoms with Gasteiger partial charge in [0, 0.05) is 26.1 Å². The summed E-state index contributed by atoms with van der Waals surface area (Å²) in [5, 5.41) is 3.44. The Morgan fingerprint density at radius 3 is 2.69 bits per heavy atom. The Morgan fingerprint density at radius 1 is 1.06 bits per heavy atom. The first kappa shape index (κ1) is 21.0. The van der Waals surface area contributed by atoms with Crippen molar-refractivity contribution in [3.05, 3.63) is 48.8 Å². The molecule has 10 heteroatoms. The summed E-state index contributed by atoms with van der Waals surface area (Å²) in [4.78, 5) is 21.5. The molecule has 0 radical (unpaired) electrons. The van der Waals surface area contributed by atoms with Crippen LogP contribution in [0.15, 0.2) is 53.7 Å². The molecule has 3 heterocycles. The first-order chi connectivity index (χ1) is 15.5. The van der Waals surface area contributed by atoms with Gasteiger partial charge in [0.1, 0.15) is 0 Å². The molecule has 0 spiro atoms. The van der Waals surface area contributed by atoms with Crippen molar-refractivity contribution >= 4 is 53.6 Å². The fourth-order valence-corrected chi connectivity index (χ4v) is 6.39. The second-order valence-corrected chi connectivity index (χ2v) is 10.8. The van der Waals surface area contributed by atoms with Crippen LogP contribution in [0.1, 0.15) is 25.7 Å². The van der Waals surface area contributed by atoms with E-state index in [-0.39, 0.29) is 17.2 Å². The van der Waals surface area contributed by atoms with E-state index in [2.05, 4.69) is 15.3 Å². The molecule has 32 heavy (non-hydrogen) atoms. The van der Waals surface area contributed by atoms with Crippen molar-refractivity contribution in [2.24, 2.45) is 0 Å². The zero-order valence-electron chi connectivity index (χ0n) is 17.4. The lowest BCUT2D eigenvalue weighted by molar-refractivity contribution is -0.116. The molecule has 1 N–H and O–H groups in total. The second-order valence-electron chi connectivity index (χ2n) is 7.84. The number of anilines is 1. The van der Waals surface area contributed by atoms with Crippen molar-refractivity contribution in [2.75, 3.05) is 18.4 Å². The number of piperidine rings is 1. The third kappa shape index (κ3) is 4.13. The summed E-state index contributed by atoms with van der Waals surface area (Å²) < 4.78 is 30.3. The van der Waals surface area contributed by atoms with Crippen LogP contribution in [0.5, 0.6) is 0 Å². The molecule has 1 saturated heterocycles. The predicted octanol–water partition coefficient (Wildman–Crippen LogP) is 3.85. The minimum atomic E-state index is -3.50. The van der Waals surface area contributed by atoms with Crippen molar-refractivity contribution in [3.63, 3.8) is 0 Å². The van der Waals surface area contributed by atoms with Gasteiger partial charge in [0.15, 0.2) is 5.13 Å². The Hall–Kier alpha value is -2.82. The highest BCUT2D eigenvalue weighted by molar-refractivity contribution is 7.89. The monoisotopic (exact) mass is 469 g/mol. The Morgan fingerprint density at radius 2 is 1.88 bits per heavy atom. The molecular weight excluding hydrogens is 446 g/mol. The van der Waals surface area contributed by atoms with Crippen molar-refractivity contribution in [3.8, 4) is 0 Å². The van der Waals surface area contributed by atoms with E-state index in [1.807, 2.05) is 28.8 Å². The zero-order chi connectivity index (χ0) is 22.1. The molecule has 1 amide bonds. The number of amides is 1. The lowest BCUT2D eigenvalue weighted by Crippen LogP contribution is -2.35. The lowest BCUT2D eigenvalue weighted by Gasteiger charge is -2.25. The van der Waals surface area contributed by atoms with Crippen LogP contribution in [0.2, 0.25) is 0 Å². The van der Waals surface area contributed by atoms with Crippen LogP contribution in [-0.4, -0.2) is 46.3 Å². The van der Waals surface area contributed by atoms with Crippen LogP contribution in [0.3, 0.4) is 0 Å². The highest BCUT2D eigenvalue weighted by atomic mass is 32.2. The van der Waals surface area contributed by atoms with Crippen molar-refractivity contribution < 1.29 is 13.2 Å². The van der Waals surface area contributed by atoms with Gasteiger partial charge in [-0.3, -0.25) is 4.79 Å². The maximum Gasteiger partial charge on any atom is 0.243 e. The van der Waals surface area contributed by atoms with Crippen molar-refractivity contribution in [1.82, 2.24) is 18.8 Å². The summed E-state index contributed by atoms with van der Waals surface area (Å²) in [6.45, 7) is 1.57. The van der Waals surface area contributed by atoms with Crippen LogP contribution in [0.25, 0.3) is 21.3 Å². The molecule has 2 aromatic heterocycles. The molecule has 8 nitrogen and oxygen atoms in total. The van der Waals surface area contributed by atoms with Crippen LogP contribution < -0.4 is 5.32 Å². The van der Waals surface area contributed by atoms with E-state index in [4.69, 9.17) is 0 Å². The number of nitrogens with zero attached hydrogens (tertiary/aromatic N) is 4. The number of thiazole rings is 1. The first-order valence-corrected chi connectivity index (χ1v) is 12.9. The van der Waals surface area contributed by atoms with Crippen molar-refractivity contribution in [2.45, 2.75) is 37.1 Å². The highest BCUT2D eigenvalue weighted by Crippen LogP contribution is 2.26. The number of para-hydroxylation sites is 1. The van der Waals surface area contributed by atoms with Gasteiger partial charge in [0.25, 0.3) is 0 Å². The van der Waals surface area contributed by atoms with Gasteiger partial charge in [-0.1, -0.05) is 29.9 Å². The Balaban J connectivity index is 1.27. The van der Waals surface area contributed by atoms with Crippen molar-refractivity contribution in [1.29, 1.82) is 0 Å². The number of nitrogens with one attached hydrogen (secondary N) is 1. The molecule has 166 valence electrons. The van der Waals surface area contributed by atoms with Crippen LogP contribution in [0, 0.1) is 0 Å². The number of aryl methyl sites for hydroxylation is 1. The molecule has 0 saturated carbocycles. The van der Waals surface area contributed by atoms with E-state index in [9.17, 15) is 13.2 Å². The van der Waals surface area contributed by atoms with Gasteiger partial charge in [-0.25, -0.2) is 18.4 Å². The minimum Gasteiger partial charge on any atom is -0.330 e.